The molecule has 1 heterocycles. The van der Waals surface area contributed by atoms with Crippen LogP contribution in [0.5, 0.6) is 0 Å². The summed E-state index contributed by atoms with van der Waals surface area (Å²) in [7, 11) is -3.51. The molecular formula is C13H18BrNO4S. The van der Waals surface area contributed by atoms with Gasteiger partial charge in [0.15, 0.2) is 6.29 Å². The fourth-order valence-electron chi connectivity index (χ4n) is 1.95. The fraction of sp³-hybridized carbons (Fsp3) is 0.538. The van der Waals surface area contributed by atoms with Crippen LogP contribution in [-0.4, -0.2) is 34.5 Å². The molecule has 1 aromatic rings. The largest absolute Gasteiger partial charge is 0.353 e. The first-order chi connectivity index (χ1) is 9.59. The number of hydrogen-bond donors (Lipinski definition) is 1. The van der Waals surface area contributed by atoms with E-state index >= 15 is 0 Å². The van der Waals surface area contributed by atoms with Gasteiger partial charge in [-0.15, -0.1) is 0 Å². The van der Waals surface area contributed by atoms with E-state index in [0.717, 1.165) is 19.3 Å². The number of hydrogen-bond acceptors (Lipinski definition) is 4. The number of ether oxygens (including phenoxy) is 2. The predicted molar refractivity (Wildman–Crippen MR) is 78.9 cm³/mol. The minimum absolute atomic E-state index is 0.197. The molecule has 1 atom stereocenters. The average Bonchev–Trinajstić information content (AvgIpc) is 2.45. The van der Waals surface area contributed by atoms with E-state index in [1.54, 1.807) is 24.3 Å². The molecule has 1 saturated heterocycles. The van der Waals surface area contributed by atoms with Gasteiger partial charge in [-0.3, -0.25) is 0 Å². The first-order valence-electron chi connectivity index (χ1n) is 6.57. The SMILES string of the molecule is O=S(=O)(NCCOC1CCCCO1)c1ccccc1Br. The van der Waals surface area contributed by atoms with Crippen LogP contribution in [0.4, 0.5) is 0 Å². The van der Waals surface area contributed by atoms with Gasteiger partial charge in [0.05, 0.1) is 11.5 Å². The summed E-state index contributed by atoms with van der Waals surface area (Å²) in [5.41, 5.74) is 0. The van der Waals surface area contributed by atoms with E-state index in [9.17, 15) is 8.42 Å². The van der Waals surface area contributed by atoms with Crippen molar-refractivity contribution in [2.45, 2.75) is 30.4 Å². The maximum absolute atomic E-state index is 12.1. The van der Waals surface area contributed by atoms with Crippen LogP contribution in [0.3, 0.4) is 0 Å². The van der Waals surface area contributed by atoms with Gasteiger partial charge in [0.2, 0.25) is 10.0 Å². The third kappa shape index (κ3) is 4.53. The number of nitrogens with one attached hydrogen (secondary N) is 1. The second kappa shape index (κ2) is 7.51. The van der Waals surface area contributed by atoms with Crippen molar-refractivity contribution >= 4 is 26.0 Å². The van der Waals surface area contributed by atoms with Gasteiger partial charge in [0, 0.05) is 17.6 Å². The van der Waals surface area contributed by atoms with Gasteiger partial charge in [-0.1, -0.05) is 12.1 Å². The van der Waals surface area contributed by atoms with Crippen LogP contribution in [0.25, 0.3) is 0 Å². The topological polar surface area (TPSA) is 64.6 Å². The summed E-state index contributed by atoms with van der Waals surface area (Å²) in [5.74, 6) is 0. The molecule has 7 heteroatoms. The molecule has 5 nitrogen and oxygen atoms in total. The molecule has 112 valence electrons. The molecule has 0 radical (unpaired) electrons. The van der Waals surface area contributed by atoms with Crippen molar-refractivity contribution in [3.63, 3.8) is 0 Å². The zero-order valence-corrected chi connectivity index (χ0v) is 13.5. The van der Waals surface area contributed by atoms with Crippen molar-refractivity contribution in [2.75, 3.05) is 19.8 Å². The van der Waals surface area contributed by atoms with E-state index in [0.29, 0.717) is 17.7 Å². The van der Waals surface area contributed by atoms with Crippen molar-refractivity contribution < 1.29 is 17.9 Å². The second-order valence-corrected chi connectivity index (χ2v) is 7.08. The zero-order chi connectivity index (χ0) is 14.4. The molecule has 0 bridgehead atoms. The van der Waals surface area contributed by atoms with Crippen LogP contribution in [0.1, 0.15) is 19.3 Å². The Hall–Kier alpha value is -0.470. The molecule has 1 aliphatic rings. The second-order valence-electron chi connectivity index (χ2n) is 4.50. The molecule has 1 unspecified atom stereocenters. The summed E-state index contributed by atoms with van der Waals surface area (Å²) in [6, 6.07) is 6.71. The Morgan fingerprint density at radius 2 is 2.15 bits per heavy atom. The van der Waals surface area contributed by atoms with E-state index in [-0.39, 0.29) is 17.7 Å². The number of rotatable bonds is 6. The van der Waals surface area contributed by atoms with Gasteiger partial charge >= 0.3 is 0 Å². The first kappa shape index (κ1) is 15.9. The van der Waals surface area contributed by atoms with Crippen LogP contribution in [0.2, 0.25) is 0 Å². The molecule has 0 amide bonds. The smallest absolute Gasteiger partial charge is 0.241 e. The Kier molecular flexibility index (Phi) is 5.98. The van der Waals surface area contributed by atoms with E-state index in [1.165, 1.54) is 0 Å². The molecular weight excluding hydrogens is 346 g/mol. The molecule has 0 aliphatic carbocycles. The van der Waals surface area contributed by atoms with Crippen LogP contribution < -0.4 is 4.72 Å². The van der Waals surface area contributed by atoms with E-state index in [2.05, 4.69) is 20.7 Å². The zero-order valence-electron chi connectivity index (χ0n) is 11.0. The maximum Gasteiger partial charge on any atom is 0.241 e. The highest BCUT2D eigenvalue weighted by molar-refractivity contribution is 9.10. The molecule has 1 N–H and O–H groups in total. The Morgan fingerprint density at radius 1 is 1.35 bits per heavy atom. The molecule has 2 rings (SSSR count). The molecule has 20 heavy (non-hydrogen) atoms. The normalized spacial score (nSPS) is 19.9. The monoisotopic (exact) mass is 363 g/mol. The van der Waals surface area contributed by atoms with Gasteiger partial charge in [-0.25, -0.2) is 13.1 Å². The van der Waals surface area contributed by atoms with Gasteiger partial charge in [-0.2, -0.15) is 0 Å². The Bertz CT molecular complexity index is 529. The minimum atomic E-state index is -3.51. The molecule has 0 spiro atoms. The minimum Gasteiger partial charge on any atom is -0.353 e. The summed E-state index contributed by atoms with van der Waals surface area (Å²) in [6.45, 7) is 1.24. The fourth-order valence-corrected chi connectivity index (χ4v) is 3.96. The lowest BCUT2D eigenvalue weighted by Crippen LogP contribution is -2.30. The quantitative estimate of drug-likeness (QED) is 0.787. The Labute approximate surface area is 127 Å². The molecule has 0 aromatic heterocycles. The third-order valence-corrected chi connectivity index (χ3v) is 5.44. The summed E-state index contributed by atoms with van der Waals surface area (Å²) in [4.78, 5) is 0.230. The van der Waals surface area contributed by atoms with Gasteiger partial charge < -0.3 is 9.47 Å². The highest BCUT2D eigenvalue weighted by Gasteiger charge is 2.17. The molecule has 1 fully saturated rings. The van der Waals surface area contributed by atoms with Crippen molar-refractivity contribution in [3.05, 3.63) is 28.7 Å². The number of halogens is 1. The Balaban J connectivity index is 1.79. The highest BCUT2D eigenvalue weighted by atomic mass is 79.9. The van der Waals surface area contributed by atoms with Gasteiger partial charge in [0.1, 0.15) is 0 Å². The molecule has 1 aliphatic heterocycles. The first-order valence-corrected chi connectivity index (χ1v) is 8.84. The standard InChI is InChI=1S/C13H18BrNO4S/c14-11-5-1-2-6-12(11)20(16,17)15-8-10-19-13-7-3-4-9-18-13/h1-2,5-6,13,15H,3-4,7-10H2. The lowest BCUT2D eigenvalue weighted by atomic mass is 10.2. The van der Waals surface area contributed by atoms with E-state index in [4.69, 9.17) is 9.47 Å². The summed E-state index contributed by atoms with van der Waals surface area (Å²) in [6.07, 6.45) is 2.83. The van der Waals surface area contributed by atoms with Crippen molar-refractivity contribution in [1.29, 1.82) is 0 Å². The lowest BCUT2D eigenvalue weighted by molar-refractivity contribution is -0.160. The lowest BCUT2D eigenvalue weighted by Gasteiger charge is -2.22. The summed E-state index contributed by atoms with van der Waals surface area (Å²) < 4.78 is 38.1. The highest BCUT2D eigenvalue weighted by Crippen LogP contribution is 2.20. The predicted octanol–water partition coefficient (Wildman–Crippen LogP) is 2.27. The Morgan fingerprint density at radius 3 is 2.85 bits per heavy atom. The van der Waals surface area contributed by atoms with Crippen LogP contribution in [0, 0.1) is 0 Å². The molecule has 0 saturated carbocycles. The van der Waals surface area contributed by atoms with Crippen molar-refractivity contribution in [2.24, 2.45) is 0 Å². The van der Waals surface area contributed by atoms with Crippen molar-refractivity contribution in [1.82, 2.24) is 4.72 Å². The number of benzene rings is 1. The maximum atomic E-state index is 12.1. The third-order valence-electron chi connectivity index (χ3n) is 2.96. The van der Waals surface area contributed by atoms with Crippen LogP contribution >= 0.6 is 15.9 Å². The molecule has 1 aromatic carbocycles. The van der Waals surface area contributed by atoms with Gasteiger partial charge in [-0.05, 0) is 47.3 Å². The number of sulfonamides is 1. The van der Waals surface area contributed by atoms with Crippen molar-refractivity contribution in [3.8, 4) is 0 Å². The average molecular weight is 364 g/mol. The van der Waals surface area contributed by atoms with E-state index < -0.39 is 10.0 Å². The van der Waals surface area contributed by atoms with Crippen LogP contribution in [0.15, 0.2) is 33.6 Å². The summed E-state index contributed by atoms with van der Waals surface area (Å²) in [5, 5.41) is 0. The van der Waals surface area contributed by atoms with Gasteiger partial charge in [0.25, 0.3) is 0 Å². The van der Waals surface area contributed by atoms with Crippen LogP contribution in [-0.2, 0) is 19.5 Å². The van der Waals surface area contributed by atoms with E-state index in [1.807, 2.05) is 0 Å². The summed E-state index contributed by atoms with van der Waals surface area (Å²) >= 11 is 3.23.